The standard InChI is InChI=1S/C3H2FN2/c4-3-1-5-2-6-3/h1H,(H,5,6). The second-order valence-corrected chi connectivity index (χ2v) is 0.835. The van der Waals surface area contributed by atoms with E-state index in [-0.39, 0.29) is 0 Å². The normalized spacial score (nSPS) is 8.83. The molecule has 0 amide bonds. The van der Waals surface area contributed by atoms with Crippen LogP contribution in [0.2, 0.25) is 0 Å². The minimum atomic E-state index is -0.519. The van der Waals surface area contributed by atoms with Crippen LogP contribution in [0.1, 0.15) is 0 Å². The van der Waals surface area contributed by atoms with Gasteiger partial charge in [0.25, 0.3) is 0 Å². The van der Waals surface area contributed by atoms with Gasteiger partial charge in [-0.25, -0.2) is 0 Å². The van der Waals surface area contributed by atoms with Crippen molar-refractivity contribution in [2.24, 2.45) is 0 Å². The number of hydrogen-bond donors (Lipinski definition) is 1. The van der Waals surface area contributed by atoms with Crippen LogP contribution in [0.25, 0.3) is 0 Å². The lowest BCUT2D eigenvalue weighted by Crippen LogP contribution is -1.61. The monoisotopic (exact) mass is 85.0 g/mol. The van der Waals surface area contributed by atoms with E-state index in [1.807, 2.05) is 0 Å². The predicted molar refractivity (Wildman–Crippen MR) is 17.4 cm³/mol. The Bertz CT molecular complexity index is 112. The highest BCUT2D eigenvalue weighted by Crippen LogP contribution is 1.80. The highest BCUT2D eigenvalue weighted by Gasteiger charge is 1.81. The number of nitrogens with one attached hydrogen (secondary N) is 1. The first-order valence-electron chi connectivity index (χ1n) is 1.46. The molecule has 2 nitrogen and oxygen atoms in total. The number of nitrogens with zero attached hydrogens (tertiary/aromatic N) is 1. The molecule has 0 aliphatic heterocycles. The van der Waals surface area contributed by atoms with Crippen LogP contribution >= 0.6 is 0 Å². The van der Waals surface area contributed by atoms with Crippen LogP contribution in [-0.4, -0.2) is 9.97 Å². The van der Waals surface area contributed by atoms with Crippen molar-refractivity contribution < 1.29 is 4.39 Å². The molecular weight excluding hydrogens is 83.0 g/mol. The summed E-state index contributed by atoms with van der Waals surface area (Å²) in [6.45, 7) is 0. The van der Waals surface area contributed by atoms with Crippen LogP contribution in [0.4, 0.5) is 4.39 Å². The molecule has 31 valence electrons. The minimum absolute atomic E-state index is 0.519. The molecule has 0 aliphatic carbocycles. The van der Waals surface area contributed by atoms with Crippen molar-refractivity contribution in [3.05, 3.63) is 18.5 Å². The molecule has 1 rings (SSSR count). The summed E-state index contributed by atoms with van der Waals surface area (Å²) in [7, 11) is 0. The van der Waals surface area contributed by atoms with E-state index in [1.165, 1.54) is 0 Å². The molecule has 0 aromatic carbocycles. The maximum atomic E-state index is 11.5. The number of aromatic amines is 1. The van der Waals surface area contributed by atoms with Crippen LogP contribution < -0.4 is 0 Å². The van der Waals surface area contributed by atoms with Gasteiger partial charge in [0.15, 0.2) is 6.33 Å². The van der Waals surface area contributed by atoms with Gasteiger partial charge in [-0.2, -0.15) is 9.37 Å². The van der Waals surface area contributed by atoms with Crippen molar-refractivity contribution in [1.29, 1.82) is 0 Å². The number of imidazole rings is 1. The van der Waals surface area contributed by atoms with Gasteiger partial charge in [-0.05, 0) is 0 Å². The highest BCUT2D eigenvalue weighted by atomic mass is 19.1. The van der Waals surface area contributed by atoms with E-state index in [0.29, 0.717) is 0 Å². The van der Waals surface area contributed by atoms with Crippen molar-refractivity contribution in [2.75, 3.05) is 0 Å². The molecule has 0 saturated carbocycles. The number of aromatic nitrogens is 2. The highest BCUT2D eigenvalue weighted by molar-refractivity contribution is 4.69. The minimum Gasteiger partial charge on any atom is -0.339 e. The molecule has 1 radical (unpaired) electrons. The molecule has 0 bridgehead atoms. The summed E-state index contributed by atoms with van der Waals surface area (Å²) < 4.78 is 11.5. The molecule has 6 heavy (non-hydrogen) atoms. The fraction of sp³-hybridized carbons (Fsp3) is 0. The molecule has 0 unspecified atom stereocenters. The summed E-state index contributed by atoms with van der Waals surface area (Å²) in [6.07, 6.45) is 3.30. The Hall–Kier alpha value is -0.860. The summed E-state index contributed by atoms with van der Waals surface area (Å²) >= 11 is 0. The van der Waals surface area contributed by atoms with E-state index in [0.717, 1.165) is 6.20 Å². The lowest BCUT2D eigenvalue weighted by atomic mass is 10.9. The Morgan fingerprint density at radius 2 is 2.83 bits per heavy atom. The zero-order valence-corrected chi connectivity index (χ0v) is 2.90. The fourth-order valence-electron chi connectivity index (χ4n) is 0.210. The van der Waals surface area contributed by atoms with Crippen LogP contribution in [0.3, 0.4) is 0 Å². The third-order valence-electron chi connectivity index (χ3n) is 0.419. The maximum Gasteiger partial charge on any atom is 0.231 e. The lowest BCUT2D eigenvalue weighted by molar-refractivity contribution is 0.590. The number of hydrogen-bond acceptors (Lipinski definition) is 1. The molecule has 0 spiro atoms. The summed E-state index contributed by atoms with van der Waals surface area (Å²) in [5, 5.41) is 0. The molecule has 1 heterocycles. The molecule has 0 saturated heterocycles. The van der Waals surface area contributed by atoms with Gasteiger partial charge in [0.1, 0.15) is 0 Å². The molecule has 0 atom stereocenters. The Kier molecular flexibility index (Phi) is 0.602. The van der Waals surface area contributed by atoms with Gasteiger partial charge in [0.05, 0.1) is 6.20 Å². The van der Waals surface area contributed by atoms with E-state index in [9.17, 15) is 4.39 Å². The molecule has 0 fully saturated rings. The van der Waals surface area contributed by atoms with Crippen LogP contribution in [0.5, 0.6) is 0 Å². The van der Waals surface area contributed by atoms with Crippen molar-refractivity contribution in [3.8, 4) is 0 Å². The Labute approximate surface area is 34.0 Å². The van der Waals surface area contributed by atoms with E-state index >= 15 is 0 Å². The summed E-state index contributed by atoms with van der Waals surface area (Å²) in [6, 6.07) is 0. The van der Waals surface area contributed by atoms with Crippen molar-refractivity contribution in [2.45, 2.75) is 0 Å². The molecule has 3 heteroatoms. The smallest absolute Gasteiger partial charge is 0.231 e. The molecule has 1 N–H and O–H groups in total. The molecule has 0 aliphatic rings. The third kappa shape index (κ3) is 0.381. The lowest BCUT2D eigenvalue weighted by Gasteiger charge is -1.58. The second-order valence-electron chi connectivity index (χ2n) is 0.835. The molecule has 1 aromatic heterocycles. The van der Waals surface area contributed by atoms with Gasteiger partial charge >= 0.3 is 0 Å². The Morgan fingerprint density at radius 1 is 2.00 bits per heavy atom. The maximum absolute atomic E-state index is 11.5. The number of rotatable bonds is 0. The quantitative estimate of drug-likeness (QED) is 0.483. The predicted octanol–water partition coefficient (Wildman–Crippen LogP) is 0.349. The second kappa shape index (κ2) is 1.08. The van der Waals surface area contributed by atoms with Crippen LogP contribution in [-0.2, 0) is 0 Å². The molecular formula is C3H2FN2. The first kappa shape index (κ1) is 3.33. The van der Waals surface area contributed by atoms with Gasteiger partial charge in [0, 0.05) is 0 Å². The van der Waals surface area contributed by atoms with E-state index in [4.69, 9.17) is 0 Å². The van der Waals surface area contributed by atoms with Crippen LogP contribution in [0, 0.1) is 12.3 Å². The Morgan fingerprint density at radius 3 is 3.00 bits per heavy atom. The number of halogens is 1. The van der Waals surface area contributed by atoms with Gasteiger partial charge in [-0.1, -0.05) is 0 Å². The van der Waals surface area contributed by atoms with Gasteiger partial charge in [-0.15, -0.1) is 0 Å². The Balaban J connectivity index is 3.05. The third-order valence-corrected chi connectivity index (χ3v) is 0.419. The largest absolute Gasteiger partial charge is 0.339 e. The van der Waals surface area contributed by atoms with E-state index < -0.39 is 5.95 Å². The SMILES string of the molecule is Fc1c[nH][c]n1. The van der Waals surface area contributed by atoms with E-state index in [2.05, 4.69) is 16.3 Å². The van der Waals surface area contributed by atoms with Crippen molar-refractivity contribution in [1.82, 2.24) is 9.97 Å². The van der Waals surface area contributed by atoms with Gasteiger partial charge in [0.2, 0.25) is 5.95 Å². The van der Waals surface area contributed by atoms with Gasteiger partial charge in [-0.3, -0.25) is 0 Å². The summed E-state index contributed by atoms with van der Waals surface area (Å²) in [5.74, 6) is -0.519. The first-order chi connectivity index (χ1) is 2.89. The fourth-order valence-corrected chi connectivity index (χ4v) is 0.210. The summed E-state index contributed by atoms with van der Waals surface area (Å²) in [4.78, 5) is 5.39. The molecule has 1 aromatic rings. The van der Waals surface area contributed by atoms with Crippen molar-refractivity contribution in [3.63, 3.8) is 0 Å². The average molecular weight is 85.1 g/mol. The average Bonchev–Trinajstić information content (AvgIpc) is 1.86. The zero-order chi connectivity index (χ0) is 4.41. The van der Waals surface area contributed by atoms with Crippen LogP contribution in [0.15, 0.2) is 6.20 Å². The topological polar surface area (TPSA) is 28.7 Å². The summed E-state index contributed by atoms with van der Waals surface area (Å²) in [5.41, 5.74) is 0. The van der Waals surface area contributed by atoms with Crippen molar-refractivity contribution >= 4 is 0 Å². The van der Waals surface area contributed by atoms with E-state index in [1.54, 1.807) is 0 Å². The zero-order valence-electron chi connectivity index (χ0n) is 2.90. The first-order valence-corrected chi connectivity index (χ1v) is 1.46. The number of H-pyrrole nitrogens is 1. The van der Waals surface area contributed by atoms with Gasteiger partial charge < -0.3 is 4.98 Å².